The zero-order valence-electron chi connectivity index (χ0n) is 10.9. The number of nitrogens with zero attached hydrogens (tertiary/aromatic N) is 1. The predicted molar refractivity (Wildman–Crippen MR) is 70.5 cm³/mol. The van der Waals surface area contributed by atoms with Gasteiger partial charge in [-0.3, -0.25) is 0 Å². The largest absolute Gasteiger partial charge is 0.508 e. The minimum Gasteiger partial charge on any atom is -0.508 e. The van der Waals surface area contributed by atoms with Gasteiger partial charge >= 0.3 is 6.03 Å². The lowest BCUT2D eigenvalue weighted by Crippen LogP contribution is -2.46. The molecule has 1 aromatic carbocycles. The van der Waals surface area contributed by atoms with Gasteiger partial charge in [-0.1, -0.05) is 12.1 Å². The fourth-order valence-electron chi connectivity index (χ4n) is 1.98. The standard InChI is InChI=1S/C14H20N2O2/c1-10(11-6-8-13(17)9-7-11)16(2)14(18)15-12-4-3-5-12/h6-10,12,17H,3-5H2,1-2H3,(H,15,18). The normalized spacial score (nSPS) is 16.8. The van der Waals surface area contributed by atoms with Crippen molar-refractivity contribution in [2.75, 3.05) is 7.05 Å². The lowest BCUT2D eigenvalue weighted by atomic mass is 9.93. The van der Waals surface area contributed by atoms with Crippen LogP contribution in [0.5, 0.6) is 5.75 Å². The minimum atomic E-state index is -0.0275. The first-order valence-electron chi connectivity index (χ1n) is 6.40. The summed E-state index contributed by atoms with van der Waals surface area (Å²) >= 11 is 0. The third-order valence-electron chi connectivity index (χ3n) is 3.71. The van der Waals surface area contributed by atoms with E-state index in [1.54, 1.807) is 24.1 Å². The van der Waals surface area contributed by atoms with Gasteiger partial charge in [0.2, 0.25) is 0 Å². The van der Waals surface area contributed by atoms with E-state index in [-0.39, 0.29) is 17.8 Å². The number of phenols is 1. The summed E-state index contributed by atoms with van der Waals surface area (Å²) in [5, 5.41) is 12.3. The predicted octanol–water partition coefficient (Wildman–Crippen LogP) is 2.65. The smallest absolute Gasteiger partial charge is 0.317 e. The minimum absolute atomic E-state index is 0.00863. The van der Waals surface area contributed by atoms with Crippen LogP contribution < -0.4 is 5.32 Å². The molecule has 0 aliphatic heterocycles. The summed E-state index contributed by atoms with van der Waals surface area (Å²) in [4.78, 5) is 13.7. The molecule has 1 atom stereocenters. The molecule has 4 nitrogen and oxygen atoms in total. The van der Waals surface area contributed by atoms with Gasteiger partial charge in [-0.25, -0.2) is 4.79 Å². The highest BCUT2D eigenvalue weighted by molar-refractivity contribution is 5.74. The number of carbonyl (C=O) groups excluding carboxylic acids is 1. The highest BCUT2D eigenvalue weighted by Crippen LogP contribution is 2.22. The van der Waals surface area contributed by atoms with Crippen molar-refractivity contribution in [1.29, 1.82) is 0 Å². The number of rotatable bonds is 3. The van der Waals surface area contributed by atoms with E-state index in [1.165, 1.54) is 6.42 Å². The quantitative estimate of drug-likeness (QED) is 0.864. The first kappa shape index (κ1) is 12.7. The molecule has 2 rings (SSSR count). The maximum Gasteiger partial charge on any atom is 0.317 e. The SMILES string of the molecule is CC(c1ccc(O)cc1)N(C)C(=O)NC1CCC1. The number of hydrogen-bond acceptors (Lipinski definition) is 2. The molecule has 0 spiro atoms. The molecule has 18 heavy (non-hydrogen) atoms. The van der Waals surface area contributed by atoms with E-state index in [0.717, 1.165) is 18.4 Å². The topological polar surface area (TPSA) is 52.6 Å². The van der Waals surface area contributed by atoms with Crippen molar-refractivity contribution >= 4 is 6.03 Å². The monoisotopic (exact) mass is 248 g/mol. The van der Waals surface area contributed by atoms with Gasteiger partial charge in [-0.15, -0.1) is 0 Å². The molecule has 0 aromatic heterocycles. The number of hydrogen-bond donors (Lipinski definition) is 2. The summed E-state index contributed by atoms with van der Waals surface area (Å²) in [6, 6.07) is 7.28. The molecule has 0 saturated heterocycles. The lowest BCUT2D eigenvalue weighted by Gasteiger charge is -2.31. The van der Waals surface area contributed by atoms with Gasteiger partial charge in [-0.05, 0) is 43.9 Å². The third-order valence-corrected chi connectivity index (χ3v) is 3.71. The van der Waals surface area contributed by atoms with Crippen LogP contribution in [0.25, 0.3) is 0 Å². The van der Waals surface area contributed by atoms with E-state index >= 15 is 0 Å². The molecule has 1 unspecified atom stereocenters. The van der Waals surface area contributed by atoms with E-state index in [2.05, 4.69) is 5.32 Å². The molecule has 4 heteroatoms. The molecule has 1 aromatic rings. The summed E-state index contributed by atoms with van der Waals surface area (Å²) in [5.74, 6) is 0.243. The van der Waals surface area contributed by atoms with Crippen LogP contribution in [-0.2, 0) is 0 Å². The Morgan fingerprint density at radius 1 is 1.39 bits per heavy atom. The van der Waals surface area contributed by atoms with Crippen LogP contribution in [-0.4, -0.2) is 29.1 Å². The molecular formula is C14H20N2O2. The zero-order valence-corrected chi connectivity index (χ0v) is 10.9. The molecule has 1 aliphatic rings. The molecule has 1 fully saturated rings. The van der Waals surface area contributed by atoms with Crippen LogP contribution in [0.1, 0.15) is 37.8 Å². The summed E-state index contributed by atoms with van der Waals surface area (Å²) in [7, 11) is 1.80. The van der Waals surface area contributed by atoms with Crippen molar-refractivity contribution in [2.24, 2.45) is 0 Å². The Bertz CT molecular complexity index is 412. The Morgan fingerprint density at radius 2 is 2.00 bits per heavy atom. The van der Waals surface area contributed by atoms with Gasteiger partial charge in [0, 0.05) is 13.1 Å². The average molecular weight is 248 g/mol. The molecule has 98 valence electrons. The number of amides is 2. The second kappa shape index (κ2) is 5.29. The van der Waals surface area contributed by atoms with Crippen LogP contribution in [0, 0.1) is 0 Å². The summed E-state index contributed by atoms with van der Waals surface area (Å²) < 4.78 is 0. The van der Waals surface area contributed by atoms with Gasteiger partial charge in [0.25, 0.3) is 0 Å². The van der Waals surface area contributed by atoms with Gasteiger partial charge in [-0.2, -0.15) is 0 Å². The van der Waals surface area contributed by atoms with Crippen molar-refractivity contribution in [3.05, 3.63) is 29.8 Å². The zero-order chi connectivity index (χ0) is 13.1. The Balaban J connectivity index is 1.96. The van der Waals surface area contributed by atoms with Crippen LogP contribution in [0.3, 0.4) is 0 Å². The van der Waals surface area contributed by atoms with Gasteiger partial charge < -0.3 is 15.3 Å². The number of benzene rings is 1. The van der Waals surface area contributed by atoms with E-state index < -0.39 is 0 Å². The van der Waals surface area contributed by atoms with Crippen molar-refractivity contribution in [3.63, 3.8) is 0 Å². The fourth-order valence-corrected chi connectivity index (χ4v) is 1.98. The number of phenolic OH excluding ortho intramolecular Hbond substituents is 1. The van der Waals surface area contributed by atoms with Gasteiger partial charge in [0.15, 0.2) is 0 Å². The fraction of sp³-hybridized carbons (Fsp3) is 0.500. The number of urea groups is 1. The Hall–Kier alpha value is -1.71. The Morgan fingerprint density at radius 3 is 2.50 bits per heavy atom. The number of aromatic hydroxyl groups is 1. The number of nitrogens with one attached hydrogen (secondary N) is 1. The third kappa shape index (κ3) is 2.75. The highest BCUT2D eigenvalue weighted by atomic mass is 16.3. The van der Waals surface area contributed by atoms with E-state index in [9.17, 15) is 9.90 Å². The maximum absolute atomic E-state index is 12.0. The lowest BCUT2D eigenvalue weighted by molar-refractivity contribution is 0.183. The first-order valence-corrected chi connectivity index (χ1v) is 6.40. The molecule has 0 bridgehead atoms. The summed E-state index contributed by atoms with van der Waals surface area (Å²) in [5.41, 5.74) is 1.01. The maximum atomic E-state index is 12.0. The Kier molecular flexibility index (Phi) is 3.75. The van der Waals surface area contributed by atoms with E-state index in [0.29, 0.717) is 6.04 Å². The first-order chi connectivity index (χ1) is 8.58. The van der Waals surface area contributed by atoms with Crippen molar-refractivity contribution in [1.82, 2.24) is 10.2 Å². The molecule has 0 heterocycles. The molecular weight excluding hydrogens is 228 g/mol. The summed E-state index contributed by atoms with van der Waals surface area (Å²) in [6.07, 6.45) is 3.39. The van der Waals surface area contributed by atoms with Gasteiger partial charge in [0.05, 0.1) is 6.04 Å². The molecule has 0 radical (unpaired) electrons. The number of carbonyl (C=O) groups is 1. The average Bonchev–Trinajstić information content (AvgIpc) is 2.32. The summed E-state index contributed by atoms with van der Waals surface area (Å²) in [6.45, 7) is 1.98. The van der Waals surface area contributed by atoms with Crippen LogP contribution in [0.4, 0.5) is 4.79 Å². The second-order valence-electron chi connectivity index (χ2n) is 4.96. The van der Waals surface area contributed by atoms with Crippen LogP contribution in [0.15, 0.2) is 24.3 Å². The molecule has 1 aliphatic carbocycles. The van der Waals surface area contributed by atoms with E-state index in [4.69, 9.17) is 0 Å². The second-order valence-corrected chi connectivity index (χ2v) is 4.96. The van der Waals surface area contributed by atoms with Crippen molar-refractivity contribution in [2.45, 2.75) is 38.3 Å². The molecule has 2 amide bonds. The highest BCUT2D eigenvalue weighted by Gasteiger charge is 2.23. The van der Waals surface area contributed by atoms with E-state index in [1.807, 2.05) is 19.1 Å². The van der Waals surface area contributed by atoms with Crippen LogP contribution >= 0.6 is 0 Å². The van der Waals surface area contributed by atoms with Crippen LogP contribution in [0.2, 0.25) is 0 Å². The van der Waals surface area contributed by atoms with Gasteiger partial charge in [0.1, 0.15) is 5.75 Å². The van der Waals surface area contributed by atoms with Crippen molar-refractivity contribution in [3.8, 4) is 5.75 Å². The molecule has 1 saturated carbocycles. The Labute approximate surface area is 108 Å². The molecule has 2 N–H and O–H groups in total. The van der Waals surface area contributed by atoms with Crippen molar-refractivity contribution < 1.29 is 9.90 Å².